The van der Waals surface area contributed by atoms with Gasteiger partial charge in [-0.05, 0) is 30.5 Å². The number of aromatic nitrogens is 3. The van der Waals surface area contributed by atoms with Gasteiger partial charge in [0, 0.05) is 29.9 Å². The van der Waals surface area contributed by atoms with Crippen molar-refractivity contribution in [1.82, 2.24) is 15.0 Å². The van der Waals surface area contributed by atoms with Crippen molar-refractivity contribution >= 4 is 40.3 Å². The average molecular weight is 365 g/mol. The van der Waals surface area contributed by atoms with Crippen LogP contribution in [0.1, 0.15) is 23.8 Å². The molecule has 1 unspecified atom stereocenters. The van der Waals surface area contributed by atoms with Gasteiger partial charge < -0.3 is 15.8 Å². The number of fused-ring (bicyclic) bond motifs is 1. The molecule has 1 amide bonds. The van der Waals surface area contributed by atoms with Gasteiger partial charge in [0.2, 0.25) is 0 Å². The summed E-state index contributed by atoms with van der Waals surface area (Å²) >= 11 is 0. The highest BCUT2D eigenvalue weighted by Crippen LogP contribution is 2.24. The van der Waals surface area contributed by atoms with E-state index in [4.69, 9.17) is 11.6 Å². The molecule has 0 saturated carbocycles. The third-order valence-corrected chi connectivity index (χ3v) is 4.07. The van der Waals surface area contributed by atoms with Crippen molar-refractivity contribution in [2.24, 2.45) is 11.6 Å². The van der Waals surface area contributed by atoms with Gasteiger partial charge in [0.25, 0.3) is 5.91 Å². The third-order valence-electron chi connectivity index (χ3n) is 4.07. The van der Waals surface area contributed by atoms with Crippen LogP contribution in [0.4, 0.5) is 17.3 Å². The second-order valence-corrected chi connectivity index (χ2v) is 6.01. The van der Waals surface area contributed by atoms with Crippen LogP contribution in [0, 0.1) is 0 Å². The number of hydrazine groups is 1. The van der Waals surface area contributed by atoms with Crippen molar-refractivity contribution in [3.05, 3.63) is 48.5 Å². The van der Waals surface area contributed by atoms with Crippen LogP contribution in [0.3, 0.4) is 0 Å². The Morgan fingerprint density at radius 2 is 2.11 bits per heavy atom. The molecule has 1 atom stereocenters. The summed E-state index contributed by atoms with van der Waals surface area (Å²) in [7, 11) is 0. The number of amides is 1. The van der Waals surface area contributed by atoms with Crippen LogP contribution in [0.2, 0.25) is 0 Å². The quantitative estimate of drug-likeness (QED) is 0.325. The number of nitrogens with one attached hydrogen (secondary N) is 1. The molecule has 0 spiro atoms. The fraction of sp³-hybridized carbons (Fsp3) is 0.167. The minimum Gasteiger partial charge on any atom is -0.364 e. The van der Waals surface area contributed by atoms with Crippen LogP contribution in [-0.4, -0.2) is 33.2 Å². The van der Waals surface area contributed by atoms with Gasteiger partial charge in [-0.1, -0.05) is 6.07 Å². The molecule has 2 aromatic heterocycles. The van der Waals surface area contributed by atoms with E-state index in [1.807, 2.05) is 24.3 Å². The first-order valence-corrected chi connectivity index (χ1v) is 8.25. The molecule has 0 radical (unpaired) electrons. The van der Waals surface area contributed by atoms with Crippen molar-refractivity contribution in [2.45, 2.75) is 19.4 Å². The summed E-state index contributed by atoms with van der Waals surface area (Å²) in [5.41, 5.74) is 6.09. The first kappa shape index (κ1) is 18.2. The van der Waals surface area contributed by atoms with E-state index >= 15 is 0 Å². The number of benzene rings is 1. The van der Waals surface area contributed by atoms with Crippen LogP contribution in [-0.2, 0) is 4.79 Å². The first-order valence-electron chi connectivity index (χ1n) is 8.25. The Hall–Kier alpha value is -3.59. The number of anilines is 3. The topological polar surface area (TPSA) is 140 Å². The van der Waals surface area contributed by atoms with Gasteiger partial charge in [0.05, 0.1) is 12.2 Å². The molecule has 0 bridgehead atoms. The maximum Gasteiger partial charge on any atom is 0.271 e. The molecule has 9 heteroatoms. The minimum atomic E-state index is -0.719. The lowest BCUT2D eigenvalue weighted by Crippen LogP contribution is -2.40. The molecule has 0 aliphatic carbocycles. The number of rotatable bonds is 7. The van der Waals surface area contributed by atoms with Crippen molar-refractivity contribution in [1.29, 1.82) is 0 Å². The summed E-state index contributed by atoms with van der Waals surface area (Å²) in [6.07, 6.45) is 5.80. The highest BCUT2D eigenvalue weighted by Gasteiger charge is 2.18. The number of pyridine rings is 1. The predicted octanol–water partition coefficient (Wildman–Crippen LogP) is 1.52. The fourth-order valence-electron chi connectivity index (χ4n) is 2.55. The van der Waals surface area contributed by atoms with Gasteiger partial charge in [-0.3, -0.25) is 14.8 Å². The predicted molar refractivity (Wildman–Crippen MR) is 102 cm³/mol. The number of aldehydes is 1. The van der Waals surface area contributed by atoms with Crippen molar-refractivity contribution in [3.8, 4) is 0 Å². The molecule has 0 fully saturated rings. The van der Waals surface area contributed by atoms with Crippen LogP contribution < -0.4 is 21.9 Å². The van der Waals surface area contributed by atoms with Gasteiger partial charge in [-0.15, -0.1) is 0 Å². The lowest BCUT2D eigenvalue weighted by Gasteiger charge is -2.24. The van der Waals surface area contributed by atoms with Crippen molar-refractivity contribution < 1.29 is 9.59 Å². The van der Waals surface area contributed by atoms with Crippen LogP contribution in [0.5, 0.6) is 0 Å². The zero-order chi connectivity index (χ0) is 19.4. The molecule has 5 N–H and O–H groups in total. The van der Waals surface area contributed by atoms with E-state index in [1.165, 1.54) is 11.2 Å². The number of primary amides is 1. The highest BCUT2D eigenvalue weighted by molar-refractivity contribution is 5.96. The Kier molecular flexibility index (Phi) is 5.23. The Morgan fingerprint density at radius 3 is 2.85 bits per heavy atom. The lowest BCUT2D eigenvalue weighted by molar-refractivity contribution is -0.108. The molecule has 1 aromatic carbocycles. The zero-order valence-corrected chi connectivity index (χ0v) is 14.7. The van der Waals surface area contributed by atoms with E-state index < -0.39 is 5.91 Å². The number of carbonyl (C=O) groups excluding carboxylic acids is 2. The fourth-order valence-corrected chi connectivity index (χ4v) is 2.55. The summed E-state index contributed by atoms with van der Waals surface area (Å²) < 4.78 is 0. The second kappa shape index (κ2) is 7.75. The normalized spacial score (nSPS) is 11.8. The first-order chi connectivity index (χ1) is 13.0. The summed E-state index contributed by atoms with van der Waals surface area (Å²) in [5, 5.41) is 6.33. The Bertz CT molecular complexity index is 992. The maximum atomic E-state index is 11.7. The van der Waals surface area contributed by atoms with Gasteiger partial charge in [0.1, 0.15) is 6.29 Å². The van der Waals surface area contributed by atoms with E-state index in [-0.39, 0.29) is 24.0 Å². The SMILES string of the molecule is CC(CC=O)N(N)c1cnc(C(N)=O)c(Nc2ccc3ccncc3c2)n1. The van der Waals surface area contributed by atoms with Crippen molar-refractivity contribution in [3.63, 3.8) is 0 Å². The Balaban J connectivity index is 1.96. The summed E-state index contributed by atoms with van der Waals surface area (Å²) in [6, 6.07) is 7.25. The molecule has 3 aromatic rings. The summed E-state index contributed by atoms with van der Waals surface area (Å²) in [5.74, 6) is 5.77. The summed E-state index contributed by atoms with van der Waals surface area (Å²) in [4.78, 5) is 35.0. The zero-order valence-electron chi connectivity index (χ0n) is 14.7. The molecule has 0 aliphatic rings. The Morgan fingerprint density at radius 1 is 1.30 bits per heavy atom. The van der Waals surface area contributed by atoms with E-state index in [0.717, 1.165) is 17.1 Å². The molecule has 0 saturated heterocycles. The van der Waals surface area contributed by atoms with Gasteiger partial charge in [-0.2, -0.15) is 0 Å². The minimum absolute atomic E-state index is 0.0125. The van der Waals surface area contributed by atoms with E-state index in [9.17, 15) is 9.59 Å². The largest absolute Gasteiger partial charge is 0.364 e. The lowest BCUT2D eigenvalue weighted by atomic mass is 10.1. The number of carbonyl (C=O) groups is 2. The molecule has 3 rings (SSSR count). The van der Waals surface area contributed by atoms with E-state index in [1.54, 1.807) is 19.3 Å². The van der Waals surface area contributed by atoms with Crippen LogP contribution in [0.15, 0.2) is 42.9 Å². The van der Waals surface area contributed by atoms with Crippen molar-refractivity contribution in [2.75, 3.05) is 10.3 Å². The van der Waals surface area contributed by atoms with Gasteiger partial charge in [-0.25, -0.2) is 15.8 Å². The average Bonchev–Trinajstić information content (AvgIpc) is 2.67. The molecule has 2 heterocycles. The number of nitrogens with two attached hydrogens (primary N) is 2. The molecular weight excluding hydrogens is 346 g/mol. The standard InChI is InChI=1S/C18H19N7O2/c1-11(5-7-26)25(20)15-10-22-16(17(19)27)18(24-15)23-14-3-2-12-4-6-21-9-13(12)8-14/h2-4,6-11H,5,20H2,1H3,(H2,19,27)(H,23,24). The number of hydrogen-bond acceptors (Lipinski definition) is 8. The second-order valence-electron chi connectivity index (χ2n) is 6.01. The number of hydrogen-bond donors (Lipinski definition) is 3. The highest BCUT2D eigenvalue weighted by atomic mass is 16.1. The van der Waals surface area contributed by atoms with E-state index in [0.29, 0.717) is 11.5 Å². The van der Waals surface area contributed by atoms with E-state index in [2.05, 4.69) is 20.3 Å². The molecule has 138 valence electrons. The molecule has 0 aliphatic heterocycles. The molecule has 27 heavy (non-hydrogen) atoms. The molecular formula is C18H19N7O2. The maximum absolute atomic E-state index is 11.7. The Labute approximate surface area is 155 Å². The van der Waals surface area contributed by atoms with Gasteiger partial charge >= 0.3 is 0 Å². The number of nitrogens with zero attached hydrogens (tertiary/aromatic N) is 4. The molecule has 9 nitrogen and oxygen atoms in total. The van der Waals surface area contributed by atoms with Crippen LogP contribution >= 0.6 is 0 Å². The monoisotopic (exact) mass is 365 g/mol. The van der Waals surface area contributed by atoms with Crippen LogP contribution in [0.25, 0.3) is 10.8 Å². The summed E-state index contributed by atoms with van der Waals surface area (Å²) in [6.45, 7) is 1.78. The smallest absolute Gasteiger partial charge is 0.271 e. The van der Waals surface area contributed by atoms with Gasteiger partial charge in [0.15, 0.2) is 17.3 Å². The third kappa shape index (κ3) is 3.98.